The number of fused-ring (bicyclic) bond motifs is 1. The van der Waals surface area contributed by atoms with Crippen molar-refractivity contribution in [3.63, 3.8) is 0 Å². The van der Waals surface area contributed by atoms with Crippen molar-refractivity contribution in [3.8, 4) is 0 Å². The predicted molar refractivity (Wildman–Crippen MR) is 114 cm³/mol. The Morgan fingerprint density at radius 2 is 1.86 bits per heavy atom. The van der Waals surface area contributed by atoms with E-state index in [0.717, 1.165) is 49.7 Å². The molecule has 2 aromatic rings. The summed E-state index contributed by atoms with van der Waals surface area (Å²) >= 11 is 0. The van der Waals surface area contributed by atoms with E-state index in [4.69, 9.17) is 4.74 Å². The van der Waals surface area contributed by atoms with Crippen molar-refractivity contribution < 1.29 is 9.66 Å². The van der Waals surface area contributed by atoms with Crippen LogP contribution in [0, 0.1) is 16.0 Å². The van der Waals surface area contributed by atoms with Crippen molar-refractivity contribution in [2.45, 2.75) is 45.3 Å². The largest absolute Gasteiger partial charge is 0.373 e. The molecule has 1 aromatic carbocycles. The van der Waals surface area contributed by atoms with Crippen molar-refractivity contribution in [2.75, 3.05) is 37.6 Å². The minimum absolute atomic E-state index is 0.126. The maximum atomic E-state index is 11.3. The summed E-state index contributed by atoms with van der Waals surface area (Å²) in [4.78, 5) is 20.0. The van der Waals surface area contributed by atoms with Crippen LogP contribution in [0.2, 0.25) is 0 Å². The molecule has 3 heterocycles. The number of aromatic nitrogens is 1. The lowest BCUT2D eigenvalue weighted by molar-refractivity contribution is -0.383. The minimum atomic E-state index is -0.326. The molecular weight excluding hydrogens is 368 g/mol. The maximum Gasteiger partial charge on any atom is 0.278 e. The fourth-order valence-electron chi connectivity index (χ4n) is 4.89. The highest BCUT2D eigenvalue weighted by Crippen LogP contribution is 2.35. The second-order valence-electron chi connectivity index (χ2n) is 8.52. The summed E-state index contributed by atoms with van der Waals surface area (Å²) in [6.07, 6.45) is 7.53. The molecule has 0 saturated carbocycles. The lowest BCUT2D eigenvalue weighted by atomic mass is 9.92. The van der Waals surface area contributed by atoms with E-state index in [1.54, 1.807) is 18.5 Å². The Morgan fingerprint density at radius 3 is 2.55 bits per heavy atom. The molecule has 2 aliphatic rings. The van der Waals surface area contributed by atoms with Crippen LogP contribution in [-0.2, 0) is 4.74 Å². The quantitative estimate of drug-likeness (QED) is 0.563. The Kier molecular flexibility index (Phi) is 5.96. The molecule has 0 bridgehead atoms. The molecule has 0 radical (unpaired) electrons. The van der Waals surface area contributed by atoms with Crippen LogP contribution in [0.4, 0.5) is 11.4 Å². The number of piperidine rings is 1. The second kappa shape index (κ2) is 8.63. The van der Waals surface area contributed by atoms with Gasteiger partial charge in [0.25, 0.3) is 5.69 Å². The third-order valence-corrected chi connectivity index (χ3v) is 6.27. The summed E-state index contributed by atoms with van der Waals surface area (Å²) in [5.41, 5.74) is 1.21. The zero-order chi connectivity index (χ0) is 20.4. The van der Waals surface area contributed by atoms with Crippen molar-refractivity contribution in [2.24, 2.45) is 5.92 Å². The smallest absolute Gasteiger partial charge is 0.278 e. The molecule has 29 heavy (non-hydrogen) atoms. The van der Waals surface area contributed by atoms with Gasteiger partial charge in [0.1, 0.15) is 0 Å². The first kappa shape index (κ1) is 20.0. The van der Waals surface area contributed by atoms with Crippen LogP contribution in [0.1, 0.15) is 33.1 Å². The third-order valence-electron chi connectivity index (χ3n) is 6.27. The zero-order valence-corrected chi connectivity index (χ0v) is 17.3. The number of nitro benzene ring substituents is 1. The standard InChI is InChI=1S/C22H30N4O3/c1-16-14-24(15-17(2)29-16)10-6-18-7-11-25(12-8-18)21-3-4-22(26(27)28)20-13-23-9-5-19(20)21/h3-5,9,13,16-18H,6-8,10-12,14-15H2,1-2H3. The summed E-state index contributed by atoms with van der Waals surface area (Å²) in [6, 6.07) is 5.41. The van der Waals surface area contributed by atoms with Gasteiger partial charge in [0.2, 0.25) is 0 Å². The van der Waals surface area contributed by atoms with Crippen molar-refractivity contribution in [1.82, 2.24) is 9.88 Å². The molecule has 0 amide bonds. The van der Waals surface area contributed by atoms with Crippen LogP contribution in [0.15, 0.2) is 30.6 Å². The Bertz CT molecular complexity index is 856. The lowest BCUT2D eigenvalue weighted by Gasteiger charge is -2.38. The average molecular weight is 399 g/mol. The number of non-ortho nitro benzene ring substituents is 1. The molecule has 7 heteroatoms. The maximum absolute atomic E-state index is 11.3. The van der Waals surface area contributed by atoms with Crippen molar-refractivity contribution in [3.05, 3.63) is 40.7 Å². The SMILES string of the molecule is CC1CN(CCC2CCN(c3ccc([N+](=O)[O-])c4cnccc34)CC2)CC(C)O1. The van der Waals surface area contributed by atoms with Gasteiger partial charge in [-0.3, -0.25) is 20.0 Å². The van der Waals surface area contributed by atoms with Crippen molar-refractivity contribution >= 4 is 22.1 Å². The second-order valence-corrected chi connectivity index (χ2v) is 8.52. The van der Waals surface area contributed by atoms with Crippen LogP contribution < -0.4 is 4.90 Å². The summed E-state index contributed by atoms with van der Waals surface area (Å²) in [5, 5.41) is 12.9. The Balaban J connectivity index is 1.38. The van der Waals surface area contributed by atoms with E-state index in [-0.39, 0.29) is 10.6 Å². The number of hydrogen-bond acceptors (Lipinski definition) is 6. The fourth-order valence-corrected chi connectivity index (χ4v) is 4.89. The topological polar surface area (TPSA) is 71.7 Å². The molecule has 1 aromatic heterocycles. The lowest BCUT2D eigenvalue weighted by Crippen LogP contribution is -2.46. The number of nitro groups is 1. The molecule has 156 valence electrons. The number of anilines is 1. The van der Waals surface area contributed by atoms with E-state index >= 15 is 0 Å². The van der Waals surface area contributed by atoms with Gasteiger partial charge in [-0.2, -0.15) is 0 Å². The summed E-state index contributed by atoms with van der Waals surface area (Å²) < 4.78 is 5.83. The summed E-state index contributed by atoms with van der Waals surface area (Å²) in [7, 11) is 0. The van der Waals surface area contributed by atoms with Gasteiger partial charge in [0, 0.05) is 55.7 Å². The van der Waals surface area contributed by atoms with Gasteiger partial charge in [-0.15, -0.1) is 0 Å². The molecule has 2 fully saturated rings. The number of rotatable bonds is 5. The van der Waals surface area contributed by atoms with Gasteiger partial charge in [-0.1, -0.05) is 0 Å². The first-order valence-electron chi connectivity index (χ1n) is 10.6. The Labute approximate surface area is 171 Å². The van der Waals surface area contributed by atoms with Crippen LogP contribution in [-0.4, -0.2) is 59.7 Å². The Morgan fingerprint density at radius 1 is 1.14 bits per heavy atom. The van der Waals surface area contributed by atoms with Gasteiger partial charge >= 0.3 is 0 Å². The molecule has 2 atom stereocenters. The molecular formula is C22H30N4O3. The van der Waals surface area contributed by atoms with Crippen molar-refractivity contribution in [1.29, 1.82) is 0 Å². The van der Waals surface area contributed by atoms with Crippen LogP contribution >= 0.6 is 0 Å². The number of morpholine rings is 1. The van der Waals surface area contributed by atoms with E-state index in [1.807, 2.05) is 12.1 Å². The average Bonchev–Trinajstić information content (AvgIpc) is 2.71. The molecule has 0 N–H and O–H groups in total. The number of hydrogen-bond donors (Lipinski definition) is 0. The van der Waals surface area contributed by atoms with Gasteiger partial charge in [0.15, 0.2) is 0 Å². The van der Waals surface area contributed by atoms with E-state index in [1.165, 1.54) is 19.3 Å². The molecule has 0 aliphatic carbocycles. The third kappa shape index (κ3) is 4.51. The number of benzene rings is 1. The van der Waals surface area contributed by atoms with E-state index < -0.39 is 0 Å². The van der Waals surface area contributed by atoms with E-state index in [2.05, 4.69) is 28.6 Å². The predicted octanol–water partition coefficient (Wildman–Crippen LogP) is 3.86. The van der Waals surface area contributed by atoms with E-state index in [0.29, 0.717) is 17.6 Å². The number of ether oxygens (including phenoxy) is 1. The zero-order valence-electron chi connectivity index (χ0n) is 17.3. The monoisotopic (exact) mass is 398 g/mol. The van der Waals surface area contributed by atoms with Crippen LogP contribution in [0.3, 0.4) is 0 Å². The number of nitrogens with zero attached hydrogens (tertiary/aromatic N) is 4. The van der Waals surface area contributed by atoms with Crippen LogP contribution in [0.25, 0.3) is 10.8 Å². The highest BCUT2D eigenvalue weighted by Gasteiger charge is 2.25. The molecule has 2 unspecified atom stereocenters. The molecule has 2 saturated heterocycles. The minimum Gasteiger partial charge on any atom is -0.373 e. The van der Waals surface area contributed by atoms with Gasteiger partial charge in [-0.05, 0) is 57.7 Å². The number of pyridine rings is 1. The fraction of sp³-hybridized carbons (Fsp3) is 0.591. The highest BCUT2D eigenvalue weighted by molar-refractivity contribution is 5.99. The van der Waals surface area contributed by atoms with Crippen LogP contribution in [0.5, 0.6) is 0 Å². The first-order chi connectivity index (χ1) is 14.0. The van der Waals surface area contributed by atoms with Gasteiger partial charge < -0.3 is 9.64 Å². The normalized spacial score (nSPS) is 24.1. The summed E-state index contributed by atoms with van der Waals surface area (Å²) in [6.45, 7) is 9.52. The molecule has 2 aliphatic heterocycles. The molecule has 4 rings (SSSR count). The first-order valence-corrected chi connectivity index (χ1v) is 10.6. The molecule has 0 spiro atoms. The highest BCUT2D eigenvalue weighted by atomic mass is 16.6. The molecule has 7 nitrogen and oxygen atoms in total. The van der Waals surface area contributed by atoms with Gasteiger partial charge in [-0.25, -0.2) is 0 Å². The van der Waals surface area contributed by atoms with Gasteiger partial charge in [0.05, 0.1) is 22.5 Å². The Hall–Kier alpha value is -2.25. The summed E-state index contributed by atoms with van der Waals surface area (Å²) in [5.74, 6) is 0.741. The van der Waals surface area contributed by atoms with E-state index in [9.17, 15) is 10.1 Å².